The molecule has 29 nitrogen and oxygen atoms in total. The van der Waals surface area contributed by atoms with Crippen molar-refractivity contribution < 1.29 is 131 Å². The quantitative estimate of drug-likeness (QED) is 0.0305. The number of phosphoric ester groups is 2. The van der Waals surface area contributed by atoms with Gasteiger partial charge in [0.1, 0.15) is 97.5 Å². The van der Waals surface area contributed by atoms with E-state index >= 15 is 0 Å². The number of rotatable bonds is 32. The number of aliphatic hydroxyl groups excluding tert-OH is 11. The second kappa shape index (κ2) is 35.0. The van der Waals surface area contributed by atoms with Gasteiger partial charge in [0.2, 0.25) is 11.8 Å². The lowest BCUT2D eigenvalue weighted by Crippen LogP contribution is -2.70. The van der Waals surface area contributed by atoms with Crippen LogP contribution in [0.25, 0.3) is 0 Å². The molecule has 4 aliphatic rings. The number of allylic oxidation sites excluding steroid dienone is 8. The van der Waals surface area contributed by atoms with Gasteiger partial charge in [0.25, 0.3) is 0 Å². The molecule has 0 spiro atoms. The van der Waals surface area contributed by atoms with Crippen molar-refractivity contribution in [2.24, 2.45) is 5.92 Å². The first-order valence-electron chi connectivity index (χ1n) is 28.1. The molecule has 0 aromatic heterocycles. The van der Waals surface area contributed by atoms with Crippen LogP contribution in [0.1, 0.15) is 113 Å². The molecule has 0 aliphatic carbocycles. The molecule has 0 bridgehead atoms. The van der Waals surface area contributed by atoms with E-state index in [4.69, 9.17) is 42.2 Å². The van der Waals surface area contributed by atoms with Gasteiger partial charge >= 0.3 is 15.6 Å². The SMILES string of the molecule is CC(=O)NC1C(OC2C(CO)OC(OP(=O)(O)OP(=O)(O)OCCC(C)CCC=C(C)CCC=C(C)CCC=C(C)CCC=C(C)C)C(NC(C)=O)C2O)OC(CO)C(OC2OC(CO)C(O)C(OC3OC(CO)C(O)C(O)C3O)C2O)C1O. The van der Waals surface area contributed by atoms with Crippen molar-refractivity contribution in [3.05, 3.63) is 46.6 Å². The van der Waals surface area contributed by atoms with Crippen molar-refractivity contribution in [2.75, 3.05) is 33.0 Å². The van der Waals surface area contributed by atoms with Crippen molar-refractivity contribution in [3.63, 3.8) is 0 Å². The number of aliphatic hydroxyl groups is 11. The van der Waals surface area contributed by atoms with Gasteiger partial charge in [0, 0.05) is 13.8 Å². The van der Waals surface area contributed by atoms with Crippen LogP contribution in [0.2, 0.25) is 0 Å². The Bertz CT molecular complexity index is 2270. The Morgan fingerprint density at radius 2 is 0.905 bits per heavy atom. The van der Waals surface area contributed by atoms with Gasteiger partial charge in [0.15, 0.2) is 25.2 Å². The summed E-state index contributed by atoms with van der Waals surface area (Å²) in [6.07, 6.45) is -17.8. The van der Waals surface area contributed by atoms with Crippen LogP contribution in [0.15, 0.2) is 46.6 Å². The number of ether oxygens (including phenoxy) is 7. The number of phosphoric acid groups is 2. The van der Waals surface area contributed by atoms with Crippen molar-refractivity contribution in [1.82, 2.24) is 10.6 Å². The molecule has 4 heterocycles. The highest BCUT2D eigenvalue weighted by Crippen LogP contribution is 2.61. The zero-order valence-corrected chi connectivity index (χ0v) is 50.5. The molecule has 15 N–H and O–H groups in total. The summed E-state index contributed by atoms with van der Waals surface area (Å²) in [5.41, 5.74) is 5.29. The van der Waals surface area contributed by atoms with Crippen molar-refractivity contribution in [1.29, 1.82) is 0 Å². The summed E-state index contributed by atoms with van der Waals surface area (Å²) in [5.74, 6) is -1.75. The minimum absolute atomic E-state index is 0.0125. The number of amides is 2. The Kier molecular flexibility index (Phi) is 30.8. The van der Waals surface area contributed by atoms with Crippen LogP contribution < -0.4 is 10.6 Å². The predicted octanol–water partition coefficient (Wildman–Crippen LogP) is -0.251. The van der Waals surface area contributed by atoms with Crippen molar-refractivity contribution in [2.45, 2.75) is 236 Å². The molecule has 31 heteroatoms. The van der Waals surface area contributed by atoms with E-state index in [-0.39, 0.29) is 18.9 Å². The highest BCUT2D eigenvalue weighted by atomic mass is 31.3. The van der Waals surface area contributed by atoms with E-state index in [1.807, 2.05) is 6.92 Å². The van der Waals surface area contributed by atoms with Crippen LogP contribution in [0.4, 0.5) is 0 Å². The summed E-state index contributed by atoms with van der Waals surface area (Å²) in [5, 5.41) is 122. The fourth-order valence-electron chi connectivity index (χ4n) is 9.84. The van der Waals surface area contributed by atoms with E-state index in [2.05, 4.69) is 73.9 Å². The van der Waals surface area contributed by atoms with Gasteiger partial charge in [-0.15, -0.1) is 0 Å². The minimum atomic E-state index is -5.73. The molecule has 4 fully saturated rings. The third-order valence-corrected chi connectivity index (χ3v) is 17.2. The summed E-state index contributed by atoms with van der Waals surface area (Å²) >= 11 is 0. The van der Waals surface area contributed by atoms with Gasteiger partial charge in [0.05, 0.1) is 33.0 Å². The summed E-state index contributed by atoms with van der Waals surface area (Å²) in [6, 6.07) is -3.69. The van der Waals surface area contributed by atoms with Gasteiger partial charge in [-0.1, -0.05) is 53.5 Å². The third kappa shape index (κ3) is 22.5. The fraction of sp³-hybridized carbons (Fsp3) is 0.811. The lowest BCUT2D eigenvalue weighted by atomic mass is 9.94. The van der Waals surface area contributed by atoms with E-state index in [1.165, 1.54) is 22.3 Å². The summed E-state index contributed by atoms with van der Waals surface area (Å²) in [6.45, 7) is 10.1. The molecular formula is C53H92N2O27P2. The second-order valence-electron chi connectivity index (χ2n) is 22.1. The molecule has 486 valence electrons. The largest absolute Gasteiger partial charge is 0.483 e. The lowest BCUT2D eigenvalue weighted by molar-refractivity contribution is -0.379. The molecule has 0 saturated carbocycles. The molecule has 2 amide bonds. The maximum Gasteiger partial charge on any atom is 0.483 e. The van der Waals surface area contributed by atoms with Crippen molar-refractivity contribution in [3.8, 4) is 0 Å². The Morgan fingerprint density at radius 1 is 0.488 bits per heavy atom. The highest BCUT2D eigenvalue weighted by molar-refractivity contribution is 7.61. The first kappa shape index (κ1) is 73.9. The number of hydrogen-bond donors (Lipinski definition) is 15. The molecule has 23 unspecified atom stereocenters. The normalized spacial score (nSPS) is 36.3. The highest BCUT2D eigenvalue weighted by Gasteiger charge is 2.57. The molecule has 0 aromatic rings. The van der Waals surface area contributed by atoms with Crippen molar-refractivity contribution >= 4 is 27.5 Å². The Labute approximate surface area is 489 Å². The summed E-state index contributed by atoms with van der Waals surface area (Å²) in [4.78, 5) is 46.3. The number of hydrogen-bond acceptors (Lipinski definition) is 25. The van der Waals surface area contributed by atoms with E-state index in [1.54, 1.807) is 0 Å². The summed E-state index contributed by atoms with van der Waals surface area (Å²) in [7, 11) is -11.1. The monoisotopic (exact) mass is 1250 g/mol. The average Bonchev–Trinajstić information content (AvgIpc) is 1.38. The van der Waals surface area contributed by atoms with Gasteiger partial charge in [-0.05, 0) is 98.3 Å². The second-order valence-corrected chi connectivity index (χ2v) is 25.1. The molecule has 0 radical (unpaired) electrons. The predicted molar refractivity (Wildman–Crippen MR) is 294 cm³/mol. The number of carbonyl (C=O) groups is 2. The Morgan fingerprint density at radius 3 is 1.39 bits per heavy atom. The topological polar surface area (TPSA) is 448 Å². The van der Waals surface area contributed by atoms with E-state index in [0.29, 0.717) is 6.42 Å². The fourth-order valence-corrected chi connectivity index (χ4v) is 12.0. The molecule has 23 atom stereocenters. The summed E-state index contributed by atoms with van der Waals surface area (Å²) < 4.78 is 80.9. The number of nitrogens with one attached hydrogen (secondary N) is 2. The first-order valence-corrected chi connectivity index (χ1v) is 31.1. The van der Waals surface area contributed by atoms with E-state index in [0.717, 1.165) is 58.8 Å². The maximum absolute atomic E-state index is 13.3. The molecule has 0 aromatic carbocycles. The number of carbonyl (C=O) groups excluding carboxylic acids is 2. The zero-order chi connectivity index (χ0) is 62.8. The van der Waals surface area contributed by atoms with Crippen LogP contribution in [-0.2, 0) is 65.2 Å². The van der Waals surface area contributed by atoms with E-state index in [9.17, 15) is 84.7 Å². The van der Waals surface area contributed by atoms with Gasteiger partial charge < -0.3 is 110 Å². The molecule has 4 saturated heterocycles. The van der Waals surface area contributed by atoms with Gasteiger partial charge in [-0.25, -0.2) is 9.13 Å². The average molecular weight is 1250 g/mol. The Hall–Kier alpha value is -2.56. The maximum atomic E-state index is 13.3. The van der Waals surface area contributed by atoms with Gasteiger partial charge in [-0.2, -0.15) is 4.31 Å². The van der Waals surface area contributed by atoms with Crippen LogP contribution >= 0.6 is 15.6 Å². The standard InChI is InChI=1S/C53H92N2O27P2/c1-27(2)13-9-14-28(3)15-10-16-29(4)17-11-18-30(5)19-12-20-31(6)21-22-73-83(69,70)82-84(71,72)81-51-39(55-33(8)61)43(65)47(37(26-59)77-51)78-50-38(54-32(7)60)42(64)48(36(25-58)76-50)79-53-46(68)49(41(63)35(24-57)75-53)80-52-45(67)44(66)40(62)34(23-56)74-52/h13,15,17,19,31,34-53,56-59,62-68H,9-12,14,16,18,20-26H2,1-8H3,(H,54,60)(H,55,61)(H,69,70)(H,71,72). The minimum Gasteiger partial charge on any atom is -0.394 e. The zero-order valence-electron chi connectivity index (χ0n) is 48.8. The van der Waals surface area contributed by atoms with Crippen LogP contribution in [0.5, 0.6) is 0 Å². The van der Waals surface area contributed by atoms with E-state index < -0.39 is 177 Å². The molecular weight excluding hydrogens is 1160 g/mol. The molecule has 4 aliphatic heterocycles. The van der Waals surface area contributed by atoms with Gasteiger partial charge in [-0.3, -0.25) is 18.6 Å². The van der Waals surface area contributed by atoms with Crippen LogP contribution in [0, 0.1) is 5.92 Å². The lowest BCUT2D eigenvalue weighted by Gasteiger charge is -2.50. The molecule has 4 rings (SSSR count). The Balaban J connectivity index is 1.36. The third-order valence-electron chi connectivity index (χ3n) is 14.6. The van der Waals surface area contributed by atoms with Crippen LogP contribution in [0.3, 0.4) is 0 Å². The smallest absolute Gasteiger partial charge is 0.394 e. The molecule has 84 heavy (non-hydrogen) atoms. The first-order chi connectivity index (χ1) is 39.5. The van der Waals surface area contributed by atoms with Crippen LogP contribution in [-0.4, -0.2) is 234 Å².